The second kappa shape index (κ2) is 5.27. The van der Waals surface area contributed by atoms with Crippen LogP contribution in [-0.4, -0.2) is 17.6 Å². The molecule has 1 aliphatic heterocycles. The molecule has 0 aliphatic carbocycles. The van der Waals surface area contributed by atoms with Crippen molar-refractivity contribution in [2.24, 2.45) is 5.92 Å². The molecule has 0 spiro atoms. The molecule has 0 aromatic heterocycles. The summed E-state index contributed by atoms with van der Waals surface area (Å²) >= 11 is 0. The average Bonchev–Trinajstić information content (AvgIpc) is 2.29. The van der Waals surface area contributed by atoms with E-state index in [9.17, 15) is 9.18 Å². The number of piperidine rings is 1. The molecule has 0 radical (unpaired) electrons. The fourth-order valence-electron chi connectivity index (χ4n) is 2.38. The van der Waals surface area contributed by atoms with E-state index in [0.29, 0.717) is 0 Å². The molecule has 2 N–H and O–H groups in total. The Morgan fingerprint density at radius 3 is 2.76 bits per heavy atom. The van der Waals surface area contributed by atoms with Crippen LogP contribution in [0, 0.1) is 11.7 Å². The minimum atomic E-state index is -0.741. The van der Waals surface area contributed by atoms with Crippen LogP contribution < -0.4 is 5.32 Å². The van der Waals surface area contributed by atoms with Crippen molar-refractivity contribution < 1.29 is 14.3 Å². The first-order valence-electron chi connectivity index (χ1n) is 5.86. The van der Waals surface area contributed by atoms with Crippen LogP contribution >= 0.6 is 0 Å². The van der Waals surface area contributed by atoms with Gasteiger partial charge in [-0.3, -0.25) is 4.79 Å². The maximum absolute atomic E-state index is 12.8. The molecule has 2 unspecified atom stereocenters. The highest BCUT2D eigenvalue weighted by atomic mass is 19.1. The third-order valence-corrected chi connectivity index (χ3v) is 3.25. The van der Waals surface area contributed by atoms with E-state index in [1.165, 1.54) is 12.1 Å². The highest BCUT2D eigenvalue weighted by Crippen LogP contribution is 2.29. The van der Waals surface area contributed by atoms with Crippen LogP contribution in [0.15, 0.2) is 24.3 Å². The summed E-state index contributed by atoms with van der Waals surface area (Å²) in [6.07, 6.45) is 1.92. The predicted octanol–water partition coefficient (Wildman–Crippen LogP) is 2.34. The fraction of sp³-hybridized carbons (Fsp3) is 0.462. The summed E-state index contributed by atoms with van der Waals surface area (Å²) in [5.41, 5.74) is 1.03. The lowest BCUT2D eigenvalue weighted by Crippen LogP contribution is -2.32. The summed E-state index contributed by atoms with van der Waals surface area (Å²) in [4.78, 5) is 10.7. The standard InChI is InChI=1S/C13H16FNO2/c14-11-3-1-10(2-4-11)12-7-9(5-6-15-12)8-13(16)17/h1-4,9,12,15H,5-8H2,(H,16,17). The van der Waals surface area contributed by atoms with Crippen LogP contribution in [0.1, 0.15) is 30.9 Å². The lowest BCUT2D eigenvalue weighted by atomic mass is 9.87. The summed E-state index contributed by atoms with van der Waals surface area (Å²) in [7, 11) is 0. The lowest BCUT2D eigenvalue weighted by Gasteiger charge is -2.29. The molecule has 2 atom stereocenters. The highest BCUT2D eigenvalue weighted by molar-refractivity contribution is 5.67. The molecule has 2 rings (SSSR count). The summed E-state index contributed by atoms with van der Waals surface area (Å²) in [5.74, 6) is -0.773. The zero-order valence-corrected chi connectivity index (χ0v) is 9.53. The van der Waals surface area contributed by atoms with E-state index in [2.05, 4.69) is 5.32 Å². The van der Waals surface area contributed by atoms with Crippen LogP contribution in [0.2, 0.25) is 0 Å². The first kappa shape index (κ1) is 12.0. The van der Waals surface area contributed by atoms with Crippen molar-refractivity contribution in [2.45, 2.75) is 25.3 Å². The summed E-state index contributed by atoms with van der Waals surface area (Å²) < 4.78 is 12.8. The van der Waals surface area contributed by atoms with Crippen molar-refractivity contribution in [2.75, 3.05) is 6.54 Å². The number of aliphatic carboxylic acids is 1. The number of hydrogen-bond acceptors (Lipinski definition) is 2. The summed E-state index contributed by atoms with van der Waals surface area (Å²) in [6, 6.07) is 6.55. The third kappa shape index (κ3) is 3.27. The van der Waals surface area contributed by atoms with Crippen LogP contribution in [0.25, 0.3) is 0 Å². The number of carboxylic acid groups (broad SMARTS) is 1. The van der Waals surface area contributed by atoms with Gasteiger partial charge in [0.15, 0.2) is 0 Å². The van der Waals surface area contributed by atoms with Gasteiger partial charge in [0, 0.05) is 12.5 Å². The molecule has 1 aromatic carbocycles. The number of hydrogen-bond donors (Lipinski definition) is 2. The van der Waals surface area contributed by atoms with Gasteiger partial charge in [-0.1, -0.05) is 12.1 Å². The molecular weight excluding hydrogens is 221 g/mol. The first-order chi connectivity index (χ1) is 8.15. The Labute approximate surface area is 99.7 Å². The topological polar surface area (TPSA) is 49.3 Å². The quantitative estimate of drug-likeness (QED) is 0.848. The van der Waals surface area contributed by atoms with Crippen molar-refractivity contribution in [3.05, 3.63) is 35.6 Å². The van der Waals surface area contributed by atoms with Crippen molar-refractivity contribution in [1.29, 1.82) is 0 Å². The van der Waals surface area contributed by atoms with Gasteiger partial charge in [0.25, 0.3) is 0 Å². The fourth-order valence-corrected chi connectivity index (χ4v) is 2.38. The van der Waals surface area contributed by atoms with E-state index in [1.807, 2.05) is 0 Å². The minimum absolute atomic E-state index is 0.147. The predicted molar refractivity (Wildman–Crippen MR) is 62.1 cm³/mol. The minimum Gasteiger partial charge on any atom is -0.481 e. The summed E-state index contributed by atoms with van der Waals surface area (Å²) in [6.45, 7) is 0.819. The van der Waals surface area contributed by atoms with Gasteiger partial charge in [0.1, 0.15) is 5.82 Å². The Hall–Kier alpha value is -1.42. The maximum atomic E-state index is 12.8. The van der Waals surface area contributed by atoms with E-state index in [-0.39, 0.29) is 24.2 Å². The second-order valence-corrected chi connectivity index (χ2v) is 4.55. The van der Waals surface area contributed by atoms with Gasteiger partial charge in [-0.25, -0.2) is 4.39 Å². The van der Waals surface area contributed by atoms with Crippen LogP contribution in [0.3, 0.4) is 0 Å². The van der Waals surface area contributed by atoms with Gasteiger partial charge in [-0.15, -0.1) is 0 Å². The molecule has 0 saturated carbocycles. The highest BCUT2D eigenvalue weighted by Gasteiger charge is 2.24. The molecule has 92 valence electrons. The summed E-state index contributed by atoms with van der Waals surface area (Å²) in [5, 5.41) is 12.1. The Morgan fingerprint density at radius 2 is 2.12 bits per heavy atom. The molecular formula is C13H16FNO2. The monoisotopic (exact) mass is 237 g/mol. The smallest absolute Gasteiger partial charge is 0.303 e. The van der Waals surface area contributed by atoms with Gasteiger partial charge in [-0.2, -0.15) is 0 Å². The third-order valence-electron chi connectivity index (χ3n) is 3.25. The molecule has 1 fully saturated rings. The van der Waals surface area contributed by atoms with Crippen molar-refractivity contribution in [3.63, 3.8) is 0 Å². The van der Waals surface area contributed by atoms with Crippen molar-refractivity contribution >= 4 is 5.97 Å². The Bertz CT molecular complexity index is 391. The van der Waals surface area contributed by atoms with Crippen molar-refractivity contribution in [3.8, 4) is 0 Å². The Balaban J connectivity index is 2.01. The SMILES string of the molecule is O=C(O)CC1CCNC(c2ccc(F)cc2)C1. The Morgan fingerprint density at radius 1 is 1.41 bits per heavy atom. The number of halogens is 1. The largest absolute Gasteiger partial charge is 0.481 e. The molecule has 1 saturated heterocycles. The second-order valence-electron chi connectivity index (χ2n) is 4.55. The van der Waals surface area contributed by atoms with E-state index >= 15 is 0 Å². The van der Waals surface area contributed by atoms with Gasteiger partial charge in [0.05, 0.1) is 0 Å². The van der Waals surface area contributed by atoms with Gasteiger partial charge >= 0.3 is 5.97 Å². The molecule has 1 aliphatic rings. The zero-order chi connectivity index (χ0) is 12.3. The van der Waals surface area contributed by atoms with Crippen LogP contribution in [0.4, 0.5) is 4.39 Å². The number of rotatable bonds is 3. The van der Waals surface area contributed by atoms with E-state index in [0.717, 1.165) is 24.9 Å². The van der Waals surface area contributed by atoms with E-state index in [1.54, 1.807) is 12.1 Å². The molecule has 3 nitrogen and oxygen atoms in total. The number of carboxylic acids is 1. The van der Waals surface area contributed by atoms with Crippen molar-refractivity contribution in [1.82, 2.24) is 5.32 Å². The number of benzene rings is 1. The van der Waals surface area contributed by atoms with E-state index < -0.39 is 5.97 Å². The molecule has 1 heterocycles. The lowest BCUT2D eigenvalue weighted by molar-refractivity contribution is -0.138. The normalized spacial score (nSPS) is 24.5. The van der Waals surface area contributed by atoms with Gasteiger partial charge in [0.2, 0.25) is 0 Å². The zero-order valence-electron chi connectivity index (χ0n) is 9.53. The molecule has 4 heteroatoms. The number of nitrogens with one attached hydrogen (secondary N) is 1. The van der Waals surface area contributed by atoms with E-state index in [4.69, 9.17) is 5.11 Å². The molecule has 1 aromatic rings. The van der Waals surface area contributed by atoms with Crippen LogP contribution in [-0.2, 0) is 4.79 Å². The van der Waals surface area contributed by atoms with Crippen LogP contribution in [0.5, 0.6) is 0 Å². The molecule has 17 heavy (non-hydrogen) atoms. The van der Waals surface area contributed by atoms with Gasteiger partial charge in [-0.05, 0) is 43.0 Å². The first-order valence-corrected chi connectivity index (χ1v) is 5.86. The molecule has 0 bridgehead atoms. The average molecular weight is 237 g/mol. The maximum Gasteiger partial charge on any atom is 0.303 e. The molecule has 0 amide bonds. The Kier molecular flexibility index (Phi) is 3.74. The van der Waals surface area contributed by atoms with Gasteiger partial charge < -0.3 is 10.4 Å². The number of carbonyl (C=O) groups is 1.